The Morgan fingerprint density at radius 1 is 1.53 bits per heavy atom. The molecule has 1 aromatic carbocycles. The van der Waals surface area contributed by atoms with Gasteiger partial charge in [0, 0.05) is 12.6 Å². The molecule has 0 radical (unpaired) electrons. The van der Waals surface area contributed by atoms with Crippen LogP contribution in [0.5, 0.6) is 0 Å². The number of nitrogens with two attached hydrogens (primary N) is 1. The van der Waals surface area contributed by atoms with Gasteiger partial charge in [-0.1, -0.05) is 11.6 Å². The summed E-state index contributed by atoms with van der Waals surface area (Å²) in [4.78, 5) is 0.0594. The van der Waals surface area contributed by atoms with Crippen molar-refractivity contribution in [1.29, 1.82) is 0 Å². The Bertz CT molecular complexity index is 490. The molecule has 0 spiro atoms. The highest BCUT2D eigenvalue weighted by Gasteiger charge is 2.17. The molecule has 0 aliphatic carbocycles. The zero-order valence-corrected chi connectivity index (χ0v) is 10.9. The monoisotopic (exact) mass is 278 g/mol. The number of nitrogens with one attached hydrogen (secondary N) is 1. The van der Waals surface area contributed by atoms with Gasteiger partial charge in [0.2, 0.25) is 10.0 Å². The van der Waals surface area contributed by atoms with Crippen molar-refractivity contribution >= 4 is 27.3 Å². The third-order valence-corrected chi connectivity index (χ3v) is 4.13. The lowest BCUT2D eigenvalue weighted by Crippen LogP contribution is -2.33. The normalized spacial score (nSPS) is 13.6. The average Bonchev–Trinajstić information content (AvgIpc) is 2.21. The fourth-order valence-electron chi connectivity index (χ4n) is 1.27. The van der Waals surface area contributed by atoms with Crippen LogP contribution in [0.4, 0.5) is 5.69 Å². The molecule has 0 heterocycles. The molecule has 96 valence electrons. The zero-order chi connectivity index (χ0) is 13.1. The summed E-state index contributed by atoms with van der Waals surface area (Å²) < 4.78 is 26.2. The van der Waals surface area contributed by atoms with Gasteiger partial charge in [0.25, 0.3) is 0 Å². The topological polar surface area (TPSA) is 92.4 Å². The summed E-state index contributed by atoms with van der Waals surface area (Å²) in [7, 11) is -3.62. The van der Waals surface area contributed by atoms with E-state index in [2.05, 4.69) is 4.72 Å². The molecule has 0 saturated carbocycles. The van der Waals surface area contributed by atoms with Gasteiger partial charge in [-0.25, -0.2) is 13.1 Å². The molecule has 1 aromatic rings. The molecule has 17 heavy (non-hydrogen) atoms. The Morgan fingerprint density at radius 2 is 2.18 bits per heavy atom. The molecule has 7 heteroatoms. The summed E-state index contributed by atoms with van der Waals surface area (Å²) >= 11 is 5.71. The second kappa shape index (κ2) is 5.68. The number of rotatable bonds is 5. The van der Waals surface area contributed by atoms with Crippen molar-refractivity contribution < 1.29 is 13.5 Å². The Labute approximate surface area is 106 Å². The molecule has 5 nitrogen and oxygen atoms in total. The molecular formula is C10H15ClN2O3S. The predicted molar refractivity (Wildman–Crippen MR) is 67.4 cm³/mol. The van der Waals surface area contributed by atoms with Gasteiger partial charge in [-0.3, -0.25) is 0 Å². The molecular weight excluding hydrogens is 264 g/mol. The van der Waals surface area contributed by atoms with E-state index in [9.17, 15) is 8.42 Å². The van der Waals surface area contributed by atoms with E-state index < -0.39 is 10.0 Å². The van der Waals surface area contributed by atoms with E-state index in [4.69, 9.17) is 22.4 Å². The number of aliphatic hydroxyl groups excluding tert-OH is 1. The Balaban J connectivity index is 2.93. The lowest BCUT2D eigenvalue weighted by molar-refractivity contribution is 0.275. The maximum absolute atomic E-state index is 11.9. The number of hydrogen-bond acceptors (Lipinski definition) is 4. The van der Waals surface area contributed by atoms with Crippen molar-refractivity contribution in [3.05, 3.63) is 23.2 Å². The molecule has 0 aromatic heterocycles. The first-order valence-corrected chi connectivity index (χ1v) is 6.91. The summed E-state index contributed by atoms with van der Waals surface area (Å²) in [5, 5.41) is 9.02. The van der Waals surface area contributed by atoms with Crippen molar-refractivity contribution in [3.63, 3.8) is 0 Å². The molecule has 0 bridgehead atoms. The molecule has 1 unspecified atom stereocenters. The average molecular weight is 279 g/mol. The van der Waals surface area contributed by atoms with Gasteiger partial charge in [0.05, 0.1) is 15.6 Å². The standard InChI is InChI=1S/C10H15ClN2O3S/c1-7(4-5-14)13-17(15,16)8-2-3-9(11)10(12)6-8/h2-3,6-7,13-14H,4-5,12H2,1H3. The van der Waals surface area contributed by atoms with Crippen LogP contribution in [0.3, 0.4) is 0 Å². The summed E-state index contributed by atoms with van der Waals surface area (Å²) in [5.74, 6) is 0. The van der Waals surface area contributed by atoms with Crippen LogP contribution in [0.1, 0.15) is 13.3 Å². The maximum atomic E-state index is 11.9. The van der Waals surface area contributed by atoms with Gasteiger partial charge in [0.1, 0.15) is 0 Å². The smallest absolute Gasteiger partial charge is 0.240 e. The van der Waals surface area contributed by atoms with Gasteiger partial charge in [-0.05, 0) is 31.5 Å². The summed E-state index contributed by atoms with van der Waals surface area (Å²) in [5.41, 5.74) is 5.75. The van der Waals surface area contributed by atoms with E-state index in [-0.39, 0.29) is 23.2 Å². The van der Waals surface area contributed by atoms with Gasteiger partial charge < -0.3 is 10.8 Å². The number of benzene rings is 1. The summed E-state index contributed by atoms with van der Waals surface area (Å²) in [6.45, 7) is 1.60. The quantitative estimate of drug-likeness (QED) is 0.700. The first-order chi connectivity index (χ1) is 7.86. The van der Waals surface area contributed by atoms with Crippen molar-refractivity contribution in [3.8, 4) is 0 Å². The van der Waals surface area contributed by atoms with Crippen LogP contribution < -0.4 is 10.5 Å². The molecule has 0 aliphatic rings. The fourth-order valence-corrected chi connectivity index (χ4v) is 2.70. The lowest BCUT2D eigenvalue weighted by atomic mass is 10.3. The lowest BCUT2D eigenvalue weighted by Gasteiger charge is -2.13. The zero-order valence-electron chi connectivity index (χ0n) is 9.35. The third kappa shape index (κ3) is 3.85. The van der Waals surface area contributed by atoms with Gasteiger partial charge in [0.15, 0.2) is 0 Å². The second-order valence-electron chi connectivity index (χ2n) is 3.72. The number of aliphatic hydroxyl groups is 1. The molecule has 0 aliphatic heterocycles. The number of hydrogen-bond donors (Lipinski definition) is 3. The Kier molecular flexibility index (Phi) is 4.76. The minimum atomic E-state index is -3.62. The van der Waals surface area contributed by atoms with Gasteiger partial charge in [-0.2, -0.15) is 0 Å². The van der Waals surface area contributed by atoms with Crippen LogP contribution in [0, 0.1) is 0 Å². The van der Waals surface area contributed by atoms with Gasteiger partial charge >= 0.3 is 0 Å². The largest absolute Gasteiger partial charge is 0.397 e. The van der Waals surface area contributed by atoms with E-state index in [1.54, 1.807) is 6.92 Å². The molecule has 0 amide bonds. The van der Waals surface area contributed by atoms with E-state index in [1.807, 2.05) is 0 Å². The van der Waals surface area contributed by atoms with Crippen LogP contribution >= 0.6 is 11.6 Å². The molecule has 0 saturated heterocycles. The molecule has 0 fully saturated rings. The highest BCUT2D eigenvalue weighted by Crippen LogP contribution is 2.22. The number of halogens is 1. The molecule has 4 N–H and O–H groups in total. The van der Waals surface area contributed by atoms with E-state index in [0.717, 1.165) is 0 Å². The summed E-state index contributed by atoms with van der Waals surface area (Å²) in [6, 6.07) is 3.77. The SMILES string of the molecule is CC(CCO)NS(=O)(=O)c1ccc(Cl)c(N)c1. The van der Waals surface area contributed by atoms with Crippen LogP contribution in [-0.2, 0) is 10.0 Å². The number of anilines is 1. The first kappa shape index (κ1) is 14.2. The Hall–Kier alpha value is -0.820. The minimum absolute atomic E-state index is 0.0594. The van der Waals surface area contributed by atoms with Crippen LogP contribution in [0.2, 0.25) is 5.02 Å². The highest BCUT2D eigenvalue weighted by molar-refractivity contribution is 7.89. The van der Waals surface area contributed by atoms with Crippen molar-refractivity contribution in [2.45, 2.75) is 24.3 Å². The highest BCUT2D eigenvalue weighted by atomic mass is 35.5. The molecule has 1 rings (SSSR count). The number of nitrogen functional groups attached to an aromatic ring is 1. The first-order valence-electron chi connectivity index (χ1n) is 5.05. The van der Waals surface area contributed by atoms with E-state index in [0.29, 0.717) is 11.4 Å². The van der Waals surface area contributed by atoms with Crippen molar-refractivity contribution in [1.82, 2.24) is 4.72 Å². The van der Waals surface area contributed by atoms with Crippen molar-refractivity contribution in [2.75, 3.05) is 12.3 Å². The van der Waals surface area contributed by atoms with Crippen LogP contribution in [0.15, 0.2) is 23.1 Å². The van der Waals surface area contributed by atoms with Gasteiger partial charge in [-0.15, -0.1) is 0 Å². The van der Waals surface area contributed by atoms with Crippen LogP contribution in [0.25, 0.3) is 0 Å². The predicted octanol–water partition coefficient (Wildman–Crippen LogP) is 0.971. The minimum Gasteiger partial charge on any atom is -0.397 e. The van der Waals surface area contributed by atoms with E-state index >= 15 is 0 Å². The number of sulfonamides is 1. The van der Waals surface area contributed by atoms with E-state index in [1.165, 1.54) is 18.2 Å². The fraction of sp³-hybridized carbons (Fsp3) is 0.400. The third-order valence-electron chi connectivity index (χ3n) is 2.20. The Morgan fingerprint density at radius 3 is 2.71 bits per heavy atom. The molecule has 1 atom stereocenters. The van der Waals surface area contributed by atoms with Crippen LogP contribution in [-0.4, -0.2) is 26.2 Å². The summed E-state index contributed by atoms with van der Waals surface area (Å²) in [6.07, 6.45) is 0.350. The second-order valence-corrected chi connectivity index (χ2v) is 5.84. The maximum Gasteiger partial charge on any atom is 0.240 e. The van der Waals surface area contributed by atoms with Crippen molar-refractivity contribution in [2.24, 2.45) is 0 Å².